The minimum absolute atomic E-state index is 0.0126. The molecular weight excluding hydrogens is 258 g/mol. The van der Waals surface area contributed by atoms with Crippen LogP contribution in [0.25, 0.3) is 0 Å². The van der Waals surface area contributed by atoms with Crippen LogP contribution in [0.4, 0.5) is 10.5 Å². The van der Waals surface area contributed by atoms with E-state index in [1.807, 2.05) is 47.9 Å². The summed E-state index contributed by atoms with van der Waals surface area (Å²) in [6.07, 6.45) is 0. The number of hydrogen-bond donors (Lipinski definition) is 2. The van der Waals surface area contributed by atoms with Crippen molar-refractivity contribution in [1.29, 1.82) is 0 Å². The van der Waals surface area contributed by atoms with E-state index in [0.717, 1.165) is 29.3 Å². The number of nitrogens with two attached hydrogens (primary N) is 1. The van der Waals surface area contributed by atoms with Gasteiger partial charge in [-0.05, 0) is 31.5 Å². The summed E-state index contributed by atoms with van der Waals surface area (Å²) in [5, 5.41) is 2.95. The smallest absolute Gasteiger partial charge is 0.322 e. The van der Waals surface area contributed by atoms with Gasteiger partial charge in [0.05, 0.1) is 0 Å². The largest absolute Gasteiger partial charge is 0.324 e. The minimum atomic E-state index is -0.0126. The van der Waals surface area contributed by atoms with Crippen molar-refractivity contribution in [2.24, 2.45) is 5.73 Å². The minimum Gasteiger partial charge on any atom is -0.324 e. The summed E-state index contributed by atoms with van der Waals surface area (Å²) in [5.74, 6) is 2.03. The van der Waals surface area contributed by atoms with Crippen LogP contribution in [0.5, 0.6) is 0 Å². The highest BCUT2D eigenvalue weighted by atomic mass is 32.2. The Morgan fingerprint density at radius 1 is 1.47 bits per heavy atom. The lowest BCUT2D eigenvalue weighted by Crippen LogP contribution is -2.46. The zero-order chi connectivity index (χ0) is 13.8. The summed E-state index contributed by atoms with van der Waals surface area (Å²) in [7, 11) is 0. The summed E-state index contributed by atoms with van der Waals surface area (Å²) in [6.45, 7) is 4.85. The van der Waals surface area contributed by atoms with E-state index in [4.69, 9.17) is 5.73 Å². The molecule has 4 nitrogen and oxygen atoms in total. The Bertz CT molecular complexity index is 433. The predicted molar refractivity (Wildman–Crippen MR) is 81.6 cm³/mol. The first-order chi connectivity index (χ1) is 9.08. The maximum absolute atomic E-state index is 12.2. The number of amides is 2. The number of rotatable bonds is 2. The normalized spacial score (nSPS) is 21.0. The fourth-order valence-corrected chi connectivity index (χ4v) is 3.11. The molecule has 1 aromatic rings. The molecule has 2 rings (SSSR count). The van der Waals surface area contributed by atoms with E-state index in [2.05, 4.69) is 12.2 Å². The van der Waals surface area contributed by atoms with Gasteiger partial charge >= 0.3 is 6.03 Å². The molecule has 1 aliphatic rings. The van der Waals surface area contributed by atoms with Crippen molar-refractivity contribution >= 4 is 23.5 Å². The lowest BCUT2D eigenvalue weighted by molar-refractivity contribution is 0.200. The van der Waals surface area contributed by atoms with Crippen LogP contribution in [0.2, 0.25) is 0 Å². The van der Waals surface area contributed by atoms with Crippen LogP contribution in [-0.4, -0.2) is 35.0 Å². The highest BCUT2D eigenvalue weighted by molar-refractivity contribution is 7.99. The zero-order valence-corrected chi connectivity index (χ0v) is 12.2. The first-order valence-corrected chi connectivity index (χ1v) is 7.74. The predicted octanol–water partition coefficient (Wildman–Crippen LogP) is 2.68. The first-order valence-electron chi connectivity index (χ1n) is 6.59. The quantitative estimate of drug-likeness (QED) is 0.875. The lowest BCUT2D eigenvalue weighted by Gasteiger charge is -2.33. The maximum Gasteiger partial charge on any atom is 0.322 e. The number of carbonyl (C=O) groups is 1. The molecule has 0 aromatic heterocycles. The van der Waals surface area contributed by atoms with E-state index < -0.39 is 0 Å². The van der Waals surface area contributed by atoms with E-state index in [9.17, 15) is 4.79 Å². The van der Waals surface area contributed by atoms with Gasteiger partial charge in [0.25, 0.3) is 0 Å². The van der Waals surface area contributed by atoms with E-state index >= 15 is 0 Å². The van der Waals surface area contributed by atoms with Gasteiger partial charge in [-0.25, -0.2) is 4.79 Å². The molecule has 1 saturated heterocycles. The molecule has 5 heteroatoms. The molecule has 3 N–H and O–H groups in total. The summed E-state index contributed by atoms with van der Waals surface area (Å²) >= 11 is 1.90. The molecule has 1 fully saturated rings. The van der Waals surface area contributed by atoms with Crippen molar-refractivity contribution in [3.05, 3.63) is 29.8 Å². The van der Waals surface area contributed by atoms with Crippen molar-refractivity contribution in [3.8, 4) is 0 Å². The fraction of sp³-hybridized carbons (Fsp3) is 0.500. The molecule has 1 aromatic carbocycles. The van der Waals surface area contributed by atoms with E-state index in [0.29, 0.717) is 6.04 Å². The van der Waals surface area contributed by atoms with Gasteiger partial charge < -0.3 is 16.0 Å². The topological polar surface area (TPSA) is 58.4 Å². The lowest BCUT2D eigenvalue weighted by atomic mass is 10.1. The molecule has 19 heavy (non-hydrogen) atoms. The number of benzene rings is 1. The van der Waals surface area contributed by atoms with Gasteiger partial charge in [0.1, 0.15) is 0 Å². The fourth-order valence-electron chi connectivity index (χ4n) is 2.09. The molecule has 104 valence electrons. The number of thioether (sulfide) groups is 1. The first kappa shape index (κ1) is 14.2. The summed E-state index contributed by atoms with van der Waals surface area (Å²) < 4.78 is 0. The Morgan fingerprint density at radius 2 is 2.16 bits per heavy atom. The summed E-state index contributed by atoms with van der Waals surface area (Å²) in [4.78, 5) is 14.1. The average Bonchev–Trinajstić information content (AvgIpc) is 2.39. The Kier molecular flexibility index (Phi) is 4.71. The second kappa shape index (κ2) is 6.30. The van der Waals surface area contributed by atoms with Crippen LogP contribution < -0.4 is 11.1 Å². The van der Waals surface area contributed by atoms with Gasteiger partial charge in [-0.15, -0.1) is 0 Å². The van der Waals surface area contributed by atoms with Gasteiger partial charge in [0.2, 0.25) is 0 Å². The number of nitrogens with zero attached hydrogens (tertiary/aromatic N) is 1. The molecule has 0 spiro atoms. The number of carbonyl (C=O) groups excluding carboxylic acids is 1. The SMILES string of the molecule is CC(N)c1ccc(NC(=O)N2CCSCC2C)cc1. The van der Waals surface area contributed by atoms with Crippen LogP contribution in [0.15, 0.2) is 24.3 Å². The van der Waals surface area contributed by atoms with Crippen LogP contribution in [0, 0.1) is 0 Å². The summed E-state index contributed by atoms with van der Waals surface area (Å²) in [6, 6.07) is 8.01. The molecular formula is C14H21N3OS. The maximum atomic E-state index is 12.2. The number of anilines is 1. The van der Waals surface area contributed by atoms with Gasteiger partial charge in [-0.2, -0.15) is 11.8 Å². The van der Waals surface area contributed by atoms with Crippen molar-refractivity contribution in [2.75, 3.05) is 23.4 Å². The van der Waals surface area contributed by atoms with E-state index in [-0.39, 0.29) is 12.1 Å². The highest BCUT2D eigenvalue weighted by Crippen LogP contribution is 2.18. The molecule has 0 radical (unpaired) electrons. The number of nitrogens with one attached hydrogen (secondary N) is 1. The summed E-state index contributed by atoms with van der Waals surface area (Å²) in [5.41, 5.74) is 7.69. The van der Waals surface area contributed by atoms with Crippen LogP contribution in [0.1, 0.15) is 25.5 Å². The Labute approximate surface area is 118 Å². The molecule has 2 amide bonds. The third kappa shape index (κ3) is 3.64. The van der Waals surface area contributed by atoms with Gasteiger partial charge in [0, 0.05) is 35.8 Å². The van der Waals surface area contributed by atoms with Crippen molar-refractivity contribution in [1.82, 2.24) is 4.90 Å². The van der Waals surface area contributed by atoms with Crippen LogP contribution in [0.3, 0.4) is 0 Å². The van der Waals surface area contributed by atoms with E-state index in [1.165, 1.54) is 0 Å². The third-order valence-corrected chi connectivity index (χ3v) is 4.51. The molecule has 0 bridgehead atoms. The standard InChI is InChI=1S/C14H21N3OS/c1-10-9-19-8-7-17(10)14(18)16-13-5-3-12(4-6-13)11(2)15/h3-6,10-11H,7-9,15H2,1-2H3,(H,16,18). The van der Waals surface area contributed by atoms with Gasteiger partial charge in [0.15, 0.2) is 0 Å². The zero-order valence-electron chi connectivity index (χ0n) is 11.4. The second-order valence-electron chi connectivity index (χ2n) is 4.96. The highest BCUT2D eigenvalue weighted by Gasteiger charge is 2.23. The number of hydrogen-bond acceptors (Lipinski definition) is 3. The van der Waals surface area contributed by atoms with Crippen molar-refractivity contribution in [3.63, 3.8) is 0 Å². The molecule has 0 aliphatic carbocycles. The molecule has 2 atom stereocenters. The van der Waals surface area contributed by atoms with Crippen LogP contribution >= 0.6 is 11.8 Å². The monoisotopic (exact) mass is 279 g/mol. The molecule has 1 aliphatic heterocycles. The van der Waals surface area contributed by atoms with E-state index in [1.54, 1.807) is 0 Å². The average molecular weight is 279 g/mol. The Morgan fingerprint density at radius 3 is 2.74 bits per heavy atom. The molecule has 0 saturated carbocycles. The van der Waals surface area contributed by atoms with Gasteiger partial charge in [-0.3, -0.25) is 0 Å². The number of urea groups is 1. The Hall–Kier alpha value is -1.20. The van der Waals surface area contributed by atoms with Crippen molar-refractivity contribution in [2.45, 2.75) is 25.9 Å². The Balaban J connectivity index is 1.98. The second-order valence-corrected chi connectivity index (χ2v) is 6.11. The molecule has 1 heterocycles. The third-order valence-electron chi connectivity index (χ3n) is 3.32. The van der Waals surface area contributed by atoms with Crippen molar-refractivity contribution < 1.29 is 4.79 Å². The molecule has 2 unspecified atom stereocenters. The van der Waals surface area contributed by atoms with Crippen LogP contribution in [-0.2, 0) is 0 Å². The van der Waals surface area contributed by atoms with Gasteiger partial charge in [-0.1, -0.05) is 12.1 Å².